The van der Waals surface area contributed by atoms with Crippen LogP contribution in [0.3, 0.4) is 0 Å². The van der Waals surface area contributed by atoms with Crippen LogP contribution in [0.1, 0.15) is 48.5 Å². The van der Waals surface area contributed by atoms with Gasteiger partial charge in [-0.2, -0.15) is 5.10 Å². The van der Waals surface area contributed by atoms with E-state index in [0.717, 1.165) is 37.7 Å². The monoisotopic (exact) mass is 408 g/mol. The molecule has 1 atom stereocenters. The fourth-order valence-electron chi connectivity index (χ4n) is 4.66. The van der Waals surface area contributed by atoms with Gasteiger partial charge in [-0.3, -0.25) is 4.79 Å². The van der Waals surface area contributed by atoms with Gasteiger partial charge in [-0.05, 0) is 56.2 Å². The zero-order valence-corrected chi connectivity index (χ0v) is 17.1. The Morgan fingerprint density at radius 3 is 2.80 bits per heavy atom. The molecule has 1 fully saturated rings. The smallest absolute Gasteiger partial charge is 0.256 e. The number of amides is 1. The van der Waals surface area contributed by atoms with E-state index in [1.807, 2.05) is 10.7 Å². The summed E-state index contributed by atoms with van der Waals surface area (Å²) in [6, 6.07) is 7.42. The Bertz CT molecular complexity index is 930. The molecule has 1 unspecified atom stereocenters. The van der Waals surface area contributed by atoms with Gasteiger partial charge in [0.15, 0.2) is 11.5 Å². The van der Waals surface area contributed by atoms with Gasteiger partial charge >= 0.3 is 0 Å². The number of hydrogen-bond donors (Lipinski definition) is 1. The summed E-state index contributed by atoms with van der Waals surface area (Å²) in [5.41, 5.74) is 0.545. The number of allylic oxidation sites excluding steroid dienone is 2. The van der Waals surface area contributed by atoms with E-state index in [2.05, 4.69) is 27.5 Å². The predicted octanol–water partition coefficient (Wildman–Crippen LogP) is 3.86. The van der Waals surface area contributed by atoms with Gasteiger partial charge in [0.05, 0.1) is 12.2 Å². The molecule has 1 aromatic carbocycles. The van der Waals surface area contributed by atoms with Crippen molar-refractivity contribution in [3.63, 3.8) is 0 Å². The topological polar surface area (TPSA) is 68.6 Å². The number of piperidine rings is 1. The minimum absolute atomic E-state index is 0.169. The second-order valence-corrected chi connectivity index (χ2v) is 8.37. The van der Waals surface area contributed by atoms with Gasteiger partial charge in [0.2, 0.25) is 6.79 Å². The maximum absolute atomic E-state index is 12.8. The minimum atomic E-state index is -0.169. The molecule has 30 heavy (non-hydrogen) atoms. The molecule has 7 heteroatoms. The molecule has 1 saturated heterocycles. The zero-order chi connectivity index (χ0) is 20.3. The number of fused-ring (bicyclic) bond motifs is 1. The van der Waals surface area contributed by atoms with Crippen LogP contribution in [0.2, 0.25) is 0 Å². The fraction of sp³-hybridized carbons (Fsp3) is 0.478. The second-order valence-electron chi connectivity index (χ2n) is 8.37. The number of carbonyl (C=O) groups is 1. The van der Waals surface area contributed by atoms with Gasteiger partial charge in [0.1, 0.15) is 5.82 Å². The molecule has 3 aliphatic rings. The lowest BCUT2D eigenvalue weighted by Gasteiger charge is -2.35. The number of nitrogens with one attached hydrogen (secondary N) is 1. The standard InChI is InChI=1S/C23H28N4O3/c28-23(18-6-7-20-21(14-18)30-16-29-20)25-22-8-11-24-27(22)19-9-12-26(13-10-19)15-17-4-2-1-3-5-17/h1-2,6-8,11,14,17,19H,3-5,9-10,12-13,15-16H2,(H,25,28). The molecule has 1 amide bonds. The average Bonchev–Trinajstić information content (AvgIpc) is 3.44. The van der Waals surface area contributed by atoms with E-state index in [1.165, 1.54) is 25.8 Å². The first-order valence-electron chi connectivity index (χ1n) is 10.9. The van der Waals surface area contributed by atoms with Crippen LogP contribution >= 0.6 is 0 Å². The predicted molar refractivity (Wildman–Crippen MR) is 114 cm³/mol. The zero-order valence-electron chi connectivity index (χ0n) is 17.1. The molecule has 5 rings (SSSR count). The van der Waals surface area contributed by atoms with Crippen LogP contribution in [0.15, 0.2) is 42.6 Å². The molecule has 3 heterocycles. The van der Waals surface area contributed by atoms with Crippen LogP contribution in [0.5, 0.6) is 11.5 Å². The van der Waals surface area contributed by atoms with Crippen molar-refractivity contribution in [2.45, 2.75) is 38.1 Å². The van der Waals surface area contributed by atoms with E-state index >= 15 is 0 Å². The van der Waals surface area contributed by atoms with Crippen LogP contribution in [0.4, 0.5) is 5.82 Å². The molecular formula is C23H28N4O3. The lowest BCUT2D eigenvalue weighted by atomic mass is 9.93. The Hall–Kier alpha value is -2.80. The summed E-state index contributed by atoms with van der Waals surface area (Å²) < 4.78 is 12.7. The largest absolute Gasteiger partial charge is 0.454 e. The maximum atomic E-state index is 12.8. The van der Waals surface area contributed by atoms with Crippen LogP contribution < -0.4 is 14.8 Å². The number of benzene rings is 1. The van der Waals surface area contributed by atoms with Crippen molar-refractivity contribution in [1.82, 2.24) is 14.7 Å². The third-order valence-electron chi connectivity index (χ3n) is 6.34. The third-order valence-corrected chi connectivity index (χ3v) is 6.34. The summed E-state index contributed by atoms with van der Waals surface area (Å²) in [6.07, 6.45) is 12.3. The van der Waals surface area contributed by atoms with Gasteiger partial charge in [-0.1, -0.05) is 12.2 Å². The second kappa shape index (κ2) is 8.52. The van der Waals surface area contributed by atoms with Gasteiger partial charge in [0.25, 0.3) is 5.91 Å². The van der Waals surface area contributed by atoms with Crippen LogP contribution in [-0.2, 0) is 0 Å². The van der Waals surface area contributed by atoms with E-state index < -0.39 is 0 Å². The Labute approximate surface area is 176 Å². The van der Waals surface area contributed by atoms with Crippen LogP contribution in [0.25, 0.3) is 0 Å². The van der Waals surface area contributed by atoms with Crippen LogP contribution in [-0.4, -0.2) is 47.0 Å². The Balaban J connectivity index is 1.19. The fourth-order valence-corrected chi connectivity index (χ4v) is 4.66. The lowest BCUT2D eigenvalue weighted by molar-refractivity contribution is 0.102. The van der Waals surface area contributed by atoms with E-state index in [9.17, 15) is 4.79 Å². The van der Waals surface area contributed by atoms with Crippen molar-refractivity contribution in [2.75, 3.05) is 31.7 Å². The molecular weight excluding hydrogens is 380 g/mol. The van der Waals surface area contributed by atoms with E-state index in [-0.39, 0.29) is 12.7 Å². The van der Waals surface area contributed by atoms with E-state index in [1.54, 1.807) is 24.4 Å². The first-order valence-corrected chi connectivity index (χ1v) is 10.9. The van der Waals surface area contributed by atoms with Crippen molar-refractivity contribution in [3.05, 3.63) is 48.2 Å². The SMILES string of the molecule is O=C(Nc1ccnn1C1CCN(CC2CC=CCC2)CC1)c1ccc2c(c1)OCO2. The molecule has 2 aromatic rings. The highest BCUT2D eigenvalue weighted by Crippen LogP contribution is 2.33. The average molecular weight is 409 g/mol. The quantitative estimate of drug-likeness (QED) is 0.761. The maximum Gasteiger partial charge on any atom is 0.256 e. The highest BCUT2D eigenvalue weighted by atomic mass is 16.7. The normalized spacial score (nSPS) is 21.7. The number of nitrogens with zero attached hydrogens (tertiary/aromatic N) is 3. The van der Waals surface area contributed by atoms with E-state index in [0.29, 0.717) is 23.1 Å². The molecule has 7 nitrogen and oxygen atoms in total. The van der Waals surface area contributed by atoms with Gasteiger partial charge < -0.3 is 19.7 Å². The minimum Gasteiger partial charge on any atom is -0.454 e. The number of anilines is 1. The Morgan fingerprint density at radius 2 is 1.97 bits per heavy atom. The van der Waals surface area contributed by atoms with Crippen molar-refractivity contribution < 1.29 is 14.3 Å². The van der Waals surface area contributed by atoms with E-state index in [4.69, 9.17) is 9.47 Å². The van der Waals surface area contributed by atoms with Gasteiger partial charge in [-0.15, -0.1) is 0 Å². The van der Waals surface area contributed by atoms with Crippen molar-refractivity contribution in [1.29, 1.82) is 0 Å². The molecule has 0 spiro atoms. The molecule has 0 bridgehead atoms. The third kappa shape index (κ3) is 4.07. The first-order chi connectivity index (χ1) is 14.8. The summed E-state index contributed by atoms with van der Waals surface area (Å²) in [5.74, 6) is 2.66. The number of ether oxygens (including phenoxy) is 2. The molecule has 0 radical (unpaired) electrons. The lowest BCUT2D eigenvalue weighted by Crippen LogP contribution is -2.38. The number of carbonyl (C=O) groups excluding carboxylic acids is 1. The number of rotatable bonds is 5. The highest BCUT2D eigenvalue weighted by Gasteiger charge is 2.25. The number of likely N-dealkylation sites (tertiary alicyclic amines) is 1. The van der Waals surface area contributed by atoms with Crippen molar-refractivity contribution in [3.8, 4) is 11.5 Å². The Morgan fingerprint density at radius 1 is 1.10 bits per heavy atom. The molecule has 1 N–H and O–H groups in total. The summed E-state index contributed by atoms with van der Waals surface area (Å²) in [5, 5.41) is 7.53. The first kappa shape index (κ1) is 19.2. The molecule has 2 aliphatic heterocycles. The van der Waals surface area contributed by atoms with Gasteiger partial charge in [0, 0.05) is 31.3 Å². The molecule has 158 valence electrons. The van der Waals surface area contributed by atoms with Crippen LogP contribution in [0, 0.1) is 5.92 Å². The molecule has 0 saturated carbocycles. The summed E-state index contributed by atoms with van der Waals surface area (Å²) >= 11 is 0. The van der Waals surface area contributed by atoms with Crippen molar-refractivity contribution >= 4 is 11.7 Å². The molecule has 1 aromatic heterocycles. The summed E-state index contributed by atoms with van der Waals surface area (Å²) in [4.78, 5) is 15.3. The van der Waals surface area contributed by atoms with Gasteiger partial charge in [-0.25, -0.2) is 4.68 Å². The summed E-state index contributed by atoms with van der Waals surface area (Å²) in [7, 11) is 0. The van der Waals surface area contributed by atoms with Crippen molar-refractivity contribution in [2.24, 2.45) is 5.92 Å². The molecule has 1 aliphatic carbocycles. The summed E-state index contributed by atoms with van der Waals surface area (Å²) in [6.45, 7) is 3.56. The Kier molecular flexibility index (Phi) is 5.45. The number of hydrogen-bond acceptors (Lipinski definition) is 5. The number of aromatic nitrogens is 2. The highest BCUT2D eigenvalue weighted by molar-refractivity contribution is 6.04.